The fourth-order valence-electron chi connectivity index (χ4n) is 2.92. The molecule has 0 spiro atoms. The zero-order chi connectivity index (χ0) is 14.3. The summed E-state index contributed by atoms with van der Waals surface area (Å²) in [5, 5.41) is 3.16. The molecule has 0 aromatic carbocycles. The standard InChI is InChI=1S/C15H30N2OS/c1-12(2)9-13(10-16)14(18)17-11-15(19-3)7-5-4-6-8-15/h12-13H,4-11,16H2,1-3H3,(H,17,18). The van der Waals surface area contributed by atoms with Gasteiger partial charge in [0.15, 0.2) is 0 Å². The smallest absolute Gasteiger partial charge is 0.224 e. The number of nitrogens with two attached hydrogens (primary N) is 1. The van der Waals surface area contributed by atoms with Gasteiger partial charge in [0.05, 0.1) is 5.92 Å². The van der Waals surface area contributed by atoms with E-state index >= 15 is 0 Å². The molecule has 0 radical (unpaired) electrons. The Kier molecular flexibility index (Phi) is 7.22. The first-order valence-corrected chi connectivity index (χ1v) is 8.78. The molecule has 1 aliphatic carbocycles. The monoisotopic (exact) mass is 286 g/mol. The van der Waals surface area contributed by atoms with Gasteiger partial charge in [0.25, 0.3) is 0 Å². The van der Waals surface area contributed by atoms with Gasteiger partial charge in [-0.1, -0.05) is 33.1 Å². The lowest BCUT2D eigenvalue weighted by molar-refractivity contribution is -0.125. The van der Waals surface area contributed by atoms with Gasteiger partial charge < -0.3 is 11.1 Å². The predicted molar refractivity (Wildman–Crippen MR) is 84.3 cm³/mol. The molecule has 1 rings (SSSR count). The highest BCUT2D eigenvalue weighted by Gasteiger charge is 2.32. The molecule has 0 aromatic rings. The molecule has 0 aromatic heterocycles. The molecule has 4 heteroatoms. The lowest BCUT2D eigenvalue weighted by Crippen LogP contribution is -2.45. The summed E-state index contributed by atoms with van der Waals surface area (Å²) in [6, 6.07) is 0. The average Bonchev–Trinajstić information content (AvgIpc) is 2.43. The molecule has 0 heterocycles. The highest BCUT2D eigenvalue weighted by Crippen LogP contribution is 2.38. The summed E-state index contributed by atoms with van der Waals surface area (Å²) < 4.78 is 0.269. The topological polar surface area (TPSA) is 55.1 Å². The van der Waals surface area contributed by atoms with E-state index in [2.05, 4.69) is 25.4 Å². The van der Waals surface area contributed by atoms with Gasteiger partial charge in [-0.3, -0.25) is 4.79 Å². The van der Waals surface area contributed by atoms with Crippen LogP contribution >= 0.6 is 11.8 Å². The highest BCUT2D eigenvalue weighted by molar-refractivity contribution is 8.00. The zero-order valence-electron chi connectivity index (χ0n) is 12.7. The van der Waals surface area contributed by atoms with Crippen molar-refractivity contribution in [3.63, 3.8) is 0 Å². The van der Waals surface area contributed by atoms with Gasteiger partial charge >= 0.3 is 0 Å². The molecule has 1 amide bonds. The van der Waals surface area contributed by atoms with Gasteiger partial charge in [0, 0.05) is 17.8 Å². The fraction of sp³-hybridized carbons (Fsp3) is 0.933. The second-order valence-electron chi connectivity index (χ2n) is 6.23. The molecule has 1 fully saturated rings. The zero-order valence-corrected chi connectivity index (χ0v) is 13.5. The maximum absolute atomic E-state index is 12.2. The lowest BCUT2D eigenvalue weighted by Gasteiger charge is -2.36. The van der Waals surface area contributed by atoms with E-state index < -0.39 is 0 Å². The predicted octanol–water partition coefficient (Wildman–Crippen LogP) is 2.79. The Hall–Kier alpha value is -0.220. The minimum atomic E-state index is -0.0255. The van der Waals surface area contributed by atoms with E-state index in [1.165, 1.54) is 32.1 Å². The Morgan fingerprint density at radius 2 is 1.95 bits per heavy atom. The molecule has 3 N–H and O–H groups in total. The van der Waals surface area contributed by atoms with Gasteiger partial charge in [-0.25, -0.2) is 0 Å². The first-order chi connectivity index (χ1) is 9.03. The highest BCUT2D eigenvalue weighted by atomic mass is 32.2. The van der Waals surface area contributed by atoms with Crippen molar-refractivity contribution >= 4 is 17.7 Å². The lowest BCUT2D eigenvalue weighted by atomic mass is 9.88. The van der Waals surface area contributed by atoms with Gasteiger partial charge in [0.2, 0.25) is 5.91 Å². The van der Waals surface area contributed by atoms with E-state index in [9.17, 15) is 4.79 Å². The van der Waals surface area contributed by atoms with Crippen LogP contribution in [0.25, 0.3) is 0 Å². The van der Waals surface area contributed by atoms with Crippen LogP contribution in [0.3, 0.4) is 0 Å². The van der Waals surface area contributed by atoms with Crippen molar-refractivity contribution in [3.05, 3.63) is 0 Å². The number of nitrogens with one attached hydrogen (secondary N) is 1. The maximum atomic E-state index is 12.2. The van der Waals surface area contributed by atoms with Crippen molar-refractivity contribution in [1.82, 2.24) is 5.32 Å². The molecule has 1 saturated carbocycles. The number of hydrogen-bond acceptors (Lipinski definition) is 3. The molecule has 0 aliphatic heterocycles. The number of rotatable bonds is 7. The number of hydrogen-bond donors (Lipinski definition) is 2. The van der Waals surface area contributed by atoms with Crippen LogP contribution < -0.4 is 11.1 Å². The third-order valence-electron chi connectivity index (χ3n) is 4.19. The van der Waals surface area contributed by atoms with Crippen LogP contribution in [0.2, 0.25) is 0 Å². The molecule has 1 unspecified atom stereocenters. The van der Waals surface area contributed by atoms with Crippen molar-refractivity contribution in [3.8, 4) is 0 Å². The number of amides is 1. The summed E-state index contributed by atoms with van der Waals surface area (Å²) in [5.41, 5.74) is 5.73. The van der Waals surface area contributed by atoms with Gasteiger partial charge in [-0.15, -0.1) is 0 Å². The second kappa shape index (κ2) is 8.15. The summed E-state index contributed by atoms with van der Waals surface area (Å²) in [4.78, 5) is 12.2. The fourth-order valence-corrected chi connectivity index (χ4v) is 3.83. The van der Waals surface area contributed by atoms with Crippen LogP contribution in [0, 0.1) is 11.8 Å². The SMILES string of the molecule is CSC1(CNC(=O)C(CN)CC(C)C)CCCCC1. The summed E-state index contributed by atoms with van der Waals surface area (Å²) in [5.74, 6) is 0.640. The first kappa shape index (κ1) is 16.8. The molecule has 0 saturated heterocycles. The Morgan fingerprint density at radius 3 is 2.42 bits per heavy atom. The van der Waals surface area contributed by atoms with E-state index in [4.69, 9.17) is 5.73 Å². The minimum absolute atomic E-state index is 0.0255. The largest absolute Gasteiger partial charge is 0.354 e. The molecule has 1 aliphatic rings. The van der Waals surface area contributed by atoms with Crippen molar-refractivity contribution in [1.29, 1.82) is 0 Å². The van der Waals surface area contributed by atoms with Crippen LogP contribution in [0.1, 0.15) is 52.4 Å². The Balaban J connectivity index is 2.46. The van der Waals surface area contributed by atoms with Gasteiger partial charge in [0.1, 0.15) is 0 Å². The maximum Gasteiger partial charge on any atom is 0.224 e. The third-order valence-corrected chi connectivity index (χ3v) is 5.61. The van der Waals surface area contributed by atoms with Gasteiger partial charge in [-0.05, 0) is 31.4 Å². The van der Waals surface area contributed by atoms with Crippen molar-refractivity contribution < 1.29 is 4.79 Å². The summed E-state index contributed by atoms with van der Waals surface area (Å²) in [7, 11) is 0. The van der Waals surface area contributed by atoms with E-state index in [-0.39, 0.29) is 16.6 Å². The van der Waals surface area contributed by atoms with Crippen LogP contribution in [-0.4, -0.2) is 30.0 Å². The normalized spacial score (nSPS) is 20.3. The third kappa shape index (κ3) is 5.35. The molecule has 0 bridgehead atoms. The minimum Gasteiger partial charge on any atom is -0.354 e. The molecular weight excluding hydrogens is 256 g/mol. The Morgan fingerprint density at radius 1 is 1.32 bits per heavy atom. The number of carbonyl (C=O) groups excluding carboxylic acids is 1. The van der Waals surface area contributed by atoms with Crippen LogP contribution in [0.4, 0.5) is 0 Å². The molecule has 112 valence electrons. The van der Waals surface area contributed by atoms with Crippen molar-refractivity contribution in [2.45, 2.75) is 57.1 Å². The summed E-state index contributed by atoms with van der Waals surface area (Å²) in [6.07, 6.45) is 9.44. The van der Waals surface area contributed by atoms with Crippen LogP contribution in [0.5, 0.6) is 0 Å². The molecule has 1 atom stereocenters. The molecule has 3 nitrogen and oxygen atoms in total. The van der Waals surface area contributed by atoms with Gasteiger partial charge in [-0.2, -0.15) is 11.8 Å². The van der Waals surface area contributed by atoms with Crippen molar-refractivity contribution in [2.75, 3.05) is 19.3 Å². The number of carbonyl (C=O) groups is 1. The molecular formula is C15H30N2OS. The van der Waals surface area contributed by atoms with Crippen molar-refractivity contribution in [2.24, 2.45) is 17.6 Å². The van der Waals surface area contributed by atoms with Crippen LogP contribution in [-0.2, 0) is 4.79 Å². The van der Waals surface area contributed by atoms with E-state index in [1.807, 2.05) is 11.8 Å². The summed E-state index contributed by atoms with van der Waals surface area (Å²) >= 11 is 1.92. The van der Waals surface area contributed by atoms with E-state index in [0.29, 0.717) is 12.5 Å². The van der Waals surface area contributed by atoms with E-state index in [0.717, 1.165) is 13.0 Å². The van der Waals surface area contributed by atoms with Crippen LogP contribution in [0.15, 0.2) is 0 Å². The Labute approximate surface area is 122 Å². The summed E-state index contributed by atoms with van der Waals surface area (Å²) in [6.45, 7) is 5.54. The second-order valence-corrected chi connectivity index (χ2v) is 7.50. The number of thioether (sulfide) groups is 1. The first-order valence-electron chi connectivity index (χ1n) is 7.56. The Bertz CT molecular complexity index is 275. The quantitative estimate of drug-likeness (QED) is 0.756. The van der Waals surface area contributed by atoms with E-state index in [1.54, 1.807) is 0 Å². The average molecular weight is 286 g/mol. The molecule has 19 heavy (non-hydrogen) atoms.